The first-order valence-corrected chi connectivity index (χ1v) is 4.99. The largest absolute Gasteiger partial charge is 0.393 e. The van der Waals surface area contributed by atoms with Gasteiger partial charge in [0, 0.05) is 20.1 Å². The van der Waals surface area contributed by atoms with E-state index in [-0.39, 0.29) is 6.10 Å². The van der Waals surface area contributed by atoms with Crippen LogP contribution >= 0.6 is 0 Å². The number of aliphatic hydroxyl groups excluding tert-OH is 1. The third kappa shape index (κ3) is 2.10. The molecule has 0 unspecified atom stereocenters. The smallest absolute Gasteiger partial charge is 0.140 e. The lowest BCUT2D eigenvalue weighted by molar-refractivity contribution is 0.0775. The molecule has 0 atom stereocenters. The summed E-state index contributed by atoms with van der Waals surface area (Å²) in [5, 5.41) is 13.4. The number of hydrogen-bond acceptors (Lipinski definition) is 4. The molecule has 1 aliphatic heterocycles. The fourth-order valence-electron chi connectivity index (χ4n) is 1.74. The van der Waals surface area contributed by atoms with E-state index in [4.69, 9.17) is 0 Å². The monoisotopic (exact) mass is 196 g/mol. The summed E-state index contributed by atoms with van der Waals surface area (Å²) in [7, 11) is 1.90. The number of nitrogens with zero attached hydrogens (tertiary/aromatic N) is 4. The van der Waals surface area contributed by atoms with Gasteiger partial charge in [-0.15, -0.1) is 0 Å². The van der Waals surface area contributed by atoms with Crippen molar-refractivity contribution in [2.45, 2.75) is 25.5 Å². The molecule has 1 aromatic rings. The highest BCUT2D eigenvalue weighted by atomic mass is 16.3. The Balaban J connectivity index is 1.89. The van der Waals surface area contributed by atoms with E-state index in [1.807, 2.05) is 7.05 Å². The SMILES string of the molecule is Cn1ncnc1CN1CCC(O)CC1. The summed E-state index contributed by atoms with van der Waals surface area (Å²) in [5.74, 6) is 0.987. The zero-order valence-corrected chi connectivity index (χ0v) is 8.43. The van der Waals surface area contributed by atoms with Crippen LogP contribution in [-0.4, -0.2) is 44.0 Å². The van der Waals surface area contributed by atoms with Crippen molar-refractivity contribution in [1.82, 2.24) is 19.7 Å². The highest BCUT2D eigenvalue weighted by Gasteiger charge is 2.18. The van der Waals surface area contributed by atoms with Gasteiger partial charge in [-0.1, -0.05) is 0 Å². The molecule has 1 aliphatic rings. The molecule has 5 heteroatoms. The quantitative estimate of drug-likeness (QED) is 0.710. The lowest BCUT2D eigenvalue weighted by atomic mass is 10.1. The molecule has 14 heavy (non-hydrogen) atoms. The van der Waals surface area contributed by atoms with Crippen LogP contribution in [0.5, 0.6) is 0 Å². The van der Waals surface area contributed by atoms with Crippen LogP contribution in [0.1, 0.15) is 18.7 Å². The maximum Gasteiger partial charge on any atom is 0.140 e. The molecule has 78 valence electrons. The number of piperidine rings is 1. The molecule has 0 saturated carbocycles. The predicted molar refractivity (Wildman–Crippen MR) is 51.5 cm³/mol. The number of aryl methyl sites for hydroxylation is 1. The Morgan fingerprint density at radius 3 is 2.79 bits per heavy atom. The topological polar surface area (TPSA) is 54.2 Å². The third-order valence-corrected chi connectivity index (χ3v) is 2.73. The zero-order valence-electron chi connectivity index (χ0n) is 8.43. The predicted octanol–water partition coefficient (Wildman–Crippen LogP) is -0.228. The van der Waals surface area contributed by atoms with E-state index in [0.29, 0.717) is 0 Å². The number of aromatic nitrogens is 3. The summed E-state index contributed by atoms with van der Waals surface area (Å²) in [6.45, 7) is 2.74. The van der Waals surface area contributed by atoms with Crippen LogP contribution in [-0.2, 0) is 13.6 Å². The molecule has 0 radical (unpaired) electrons. The van der Waals surface area contributed by atoms with E-state index < -0.39 is 0 Å². The van der Waals surface area contributed by atoms with Crippen molar-refractivity contribution < 1.29 is 5.11 Å². The molecule has 5 nitrogen and oxygen atoms in total. The molecule has 0 spiro atoms. The zero-order chi connectivity index (χ0) is 9.97. The fourth-order valence-corrected chi connectivity index (χ4v) is 1.74. The van der Waals surface area contributed by atoms with Crippen LogP contribution in [0, 0.1) is 0 Å². The second-order valence-electron chi connectivity index (χ2n) is 3.81. The number of likely N-dealkylation sites (tertiary alicyclic amines) is 1. The van der Waals surface area contributed by atoms with Gasteiger partial charge in [0.1, 0.15) is 12.2 Å². The Morgan fingerprint density at radius 2 is 2.21 bits per heavy atom. The van der Waals surface area contributed by atoms with Crippen molar-refractivity contribution in [3.8, 4) is 0 Å². The summed E-state index contributed by atoms with van der Waals surface area (Å²) in [6, 6.07) is 0. The number of aliphatic hydroxyl groups is 1. The Bertz CT molecular complexity index is 291. The first kappa shape index (κ1) is 9.61. The lowest BCUT2D eigenvalue weighted by Crippen LogP contribution is -2.35. The van der Waals surface area contributed by atoms with Crippen molar-refractivity contribution in [1.29, 1.82) is 0 Å². The molecule has 0 aromatic carbocycles. The van der Waals surface area contributed by atoms with Gasteiger partial charge in [0.2, 0.25) is 0 Å². The van der Waals surface area contributed by atoms with Gasteiger partial charge in [-0.3, -0.25) is 9.58 Å². The molecule has 2 rings (SSSR count). The van der Waals surface area contributed by atoms with Crippen LogP contribution in [0.4, 0.5) is 0 Å². The fraction of sp³-hybridized carbons (Fsp3) is 0.778. The minimum Gasteiger partial charge on any atom is -0.393 e. The van der Waals surface area contributed by atoms with E-state index in [2.05, 4.69) is 15.0 Å². The van der Waals surface area contributed by atoms with Gasteiger partial charge in [-0.25, -0.2) is 4.98 Å². The minimum atomic E-state index is -0.106. The van der Waals surface area contributed by atoms with Crippen LogP contribution < -0.4 is 0 Å². The summed E-state index contributed by atoms with van der Waals surface area (Å²) in [5.41, 5.74) is 0. The van der Waals surface area contributed by atoms with E-state index >= 15 is 0 Å². The highest BCUT2D eigenvalue weighted by Crippen LogP contribution is 2.11. The minimum absolute atomic E-state index is 0.106. The molecule has 1 N–H and O–H groups in total. The Labute approximate surface area is 83.4 Å². The highest BCUT2D eigenvalue weighted by molar-refractivity contribution is 4.85. The number of hydrogen-bond donors (Lipinski definition) is 1. The second kappa shape index (κ2) is 4.06. The van der Waals surface area contributed by atoms with Crippen molar-refractivity contribution in [2.24, 2.45) is 7.05 Å². The van der Waals surface area contributed by atoms with Gasteiger partial charge >= 0.3 is 0 Å². The molecule has 0 aliphatic carbocycles. The van der Waals surface area contributed by atoms with Crippen molar-refractivity contribution in [3.05, 3.63) is 12.2 Å². The molecular weight excluding hydrogens is 180 g/mol. The lowest BCUT2D eigenvalue weighted by Gasteiger charge is -2.28. The summed E-state index contributed by atoms with van der Waals surface area (Å²) < 4.78 is 1.80. The van der Waals surface area contributed by atoms with Gasteiger partial charge in [0.25, 0.3) is 0 Å². The van der Waals surface area contributed by atoms with Crippen LogP contribution in [0.15, 0.2) is 6.33 Å². The van der Waals surface area contributed by atoms with E-state index in [1.165, 1.54) is 0 Å². The van der Waals surface area contributed by atoms with E-state index in [9.17, 15) is 5.11 Å². The average Bonchev–Trinajstić information content (AvgIpc) is 2.56. The Morgan fingerprint density at radius 1 is 1.50 bits per heavy atom. The summed E-state index contributed by atoms with van der Waals surface area (Å²) in [6.07, 6.45) is 3.22. The third-order valence-electron chi connectivity index (χ3n) is 2.73. The van der Waals surface area contributed by atoms with Gasteiger partial charge in [-0.05, 0) is 12.8 Å². The average molecular weight is 196 g/mol. The molecule has 1 fully saturated rings. The van der Waals surface area contributed by atoms with E-state index in [1.54, 1.807) is 11.0 Å². The van der Waals surface area contributed by atoms with Crippen LogP contribution in [0.25, 0.3) is 0 Å². The molecule has 1 saturated heterocycles. The van der Waals surface area contributed by atoms with E-state index in [0.717, 1.165) is 38.3 Å². The second-order valence-corrected chi connectivity index (χ2v) is 3.81. The molecule has 0 bridgehead atoms. The maximum atomic E-state index is 9.35. The van der Waals surface area contributed by atoms with Gasteiger partial charge in [-0.2, -0.15) is 5.10 Å². The van der Waals surface area contributed by atoms with Gasteiger partial charge in [0.05, 0.1) is 12.6 Å². The van der Waals surface area contributed by atoms with Crippen molar-refractivity contribution >= 4 is 0 Å². The summed E-state index contributed by atoms with van der Waals surface area (Å²) in [4.78, 5) is 6.48. The van der Waals surface area contributed by atoms with Crippen LogP contribution in [0.2, 0.25) is 0 Å². The number of rotatable bonds is 2. The molecule has 1 aromatic heterocycles. The Hall–Kier alpha value is -0.940. The normalized spacial score (nSPS) is 20.1. The van der Waals surface area contributed by atoms with Crippen LogP contribution in [0.3, 0.4) is 0 Å². The van der Waals surface area contributed by atoms with Crippen molar-refractivity contribution in [3.63, 3.8) is 0 Å². The maximum absolute atomic E-state index is 9.35. The summed E-state index contributed by atoms with van der Waals surface area (Å²) >= 11 is 0. The molecule has 2 heterocycles. The molecular formula is C9H16N4O. The first-order chi connectivity index (χ1) is 6.75. The van der Waals surface area contributed by atoms with Crippen molar-refractivity contribution in [2.75, 3.05) is 13.1 Å². The van der Waals surface area contributed by atoms with Gasteiger partial charge in [0.15, 0.2) is 0 Å². The molecule has 0 amide bonds. The van der Waals surface area contributed by atoms with Gasteiger partial charge < -0.3 is 5.11 Å². The Kier molecular flexibility index (Phi) is 2.79. The standard InChI is InChI=1S/C9H16N4O/c1-12-9(10-7-11-12)6-13-4-2-8(14)3-5-13/h7-8,14H,2-6H2,1H3. The first-order valence-electron chi connectivity index (χ1n) is 4.99.